The Hall–Kier alpha value is -1.22. The summed E-state index contributed by atoms with van der Waals surface area (Å²) >= 11 is 0. The van der Waals surface area contributed by atoms with Gasteiger partial charge in [0, 0.05) is 12.1 Å². The number of methoxy groups -OCH3 is 1. The van der Waals surface area contributed by atoms with Gasteiger partial charge in [-0.1, -0.05) is 27.7 Å². The van der Waals surface area contributed by atoms with Gasteiger partial charge in [-0.15, -0.1) is 0 Å². The van der Waals surface area contributed by atoms with E-state index in [2.05, 4.69) is 33.0 Å². The minimum absolute atomic E-state index is 0.295. The Morgan fingerprint density at radius 3 is 2.56 bits per heavy atom. The van der Waals surface area contributed by atoms with Crippen molar-refractivity contribution in [3.8, 4) is 11.5 Å². The molecule has 0 radical (unpaired) electrons. The number of aromatic hydroxyl groups is 1. The molecule has 18 heavy (non-hydrogen) atoms. The molecule has 0 fully saturated rings. The van der Waals surface area contributed by atoms with Gasteiger partial charge in [0.25, 0.3) is 0 Å². The fourth-order valence-corrected chi connectivity index (χ4v) is 1.56. The van der Waals surface area contributed by atoms with Gasteiger partial charge in [0.05, 0.1) is 7.11 Å². The normalized spacial score (nSPS) is 13.4. The standard InChI is InChI=1S/C15H25NO2/c1-11(15(2,3)4)9-16-10-12-8-13(18-5)6-7-14(12)17/h6-8,11,16-17H,9-10H2,1-5H3. The molecule has 0 bridgehead atoms. The van der Waals surface area contributed by atoms with Crippen LogP contribution in [0, 0.1) is 11.3 Å². The molecular formula is C15H25NO2. The molecule has 1 aromatic rings. The van der Waals surface area contributed by atoms with Crippen LogP contribution < -0.4 is 10.1 Å². The van der Waals surface area contributed by atoms with Crippen molar-refractivity contribution in [2.24, 2.45) is 11.3 Å². The van der Waals surface area contributed by atoms with E-state index in [4.69, 9.17) is 4.74 Å². The summed E-state index contributed by atoms with van der Waals surface area (Å²) in [5.41, 5.74) is 1.17. The molecule has 1 atom stereocenters. The van der Waals surface area contributed by atoms with Crippen LogP contribution >= 0.6 is 0 Å². The van der Waals surface area contributed by atoms with Gasteiger partial charge in [-0.2, -0.15) is 0 Å². The van der Waals surface area contributed by atoms with Gasteiger partial charge in [-0.05, 0) is 36.1 Å². The second-order valence-electron chi connectivity index (χ2n) is 5.89. The fourth-order valence-electron chi connectivity index (χ4n) is 1.56. The van der Waals surface area contributed by atoms with Gasteiger partial charge < -0.3 is 15.2 Å². The Bertz CT molecular complexity index is 383. The van der Waals surface area contributed by atoms with Crippen molar-refractivity contribution in [3.05, 3.63) is 23.8 Å². The molecule has 3 nitrogen and oxygen atoms in total. The molecule has 3 heteroatoms. The van der Waals surface area contributed by atoms with Gasteiger partial charge in [0.2, 0.25) is 0 Å². The van der Waals surface area contributed by atoms with Crippen molar-refractivity contribution in [2.75, 3.05) is 13.7 Å². The summed E-state index contributed by atoms with van der Waals surface area (Å²) in [5, 5.41) is 13.1. The molecule has 0 amide bonds. The van der Waals surface area contributed by atoms with E-state index < -0.39 is 0 Å². The monoisotopic (exact) mass is 251 g/mol. The number of hydrogen-bond acceptors (Lipinski definition) is 3. The predicted octanol–water partition coefficient (Wildman–Crippen LogP) is 3.17. The van der Waals surface area contributed by atoms with Crippen LogP contribution in [-0.2, 0) is 6.54 Å². The average Bonchev–Trinajstić information content (AvgIpc) is 2.30. The van der Waals surface area contributed by atoms with Crippen molar-refractivity contribution < 1.29 is 9.84 Å². The molecule has 0 heterocycles. The molecule has 102 valence electrons. The predicted molar refractivity (Wildman–Crippen MR) is 75.0 cm³/mol. The SMILES string of the molecule is COc1ccc(O)c(CNCC(C)C(C)(C)C)c1. The zero-order chi connectivity index (χ0) is 13.8. The molecule has 0 aliphatic rings. The Kier molecular flexibility index (Phi) is 5.03. The largest absolute Gasteiger partial charge is 0.508 e. The van der Waals surface area contributed by atoms with Crippen LogP contribution in [-0.4, -0.2) is 18.8 Å². The van der Waals surface area contributed by atoms with Crippen LogP contribution in [0.5, 0.6) is 11.5 Å². The van der Waals surface area contributed by atoms with E-state index in [1.165, 1.54) is 0 Å². The summed E-state index contributed by atoms with van der Waals surface area (Å²) < 4.78 is 5.15. The highest BCUT2D eigenvalue weighted by Crippen LogP contribution is 2.25. The lowest BCUT2D eigenvalue weighted by Gasteiger charge is -2.27. The molecule has 1 aromatic carbocycles. The third-order valence-electron chi connectivity index (χ3n) is 3.53. The van der Waals surface area contributed by atoms with Gasteiger partial charge >= 0.3 is 0 Å². The highest BCUT2D eigenvalue weighted by atomic mass is 16.5. The summed E-state index contributed by atoms with van der Waals surface area (Å²) in [4.78, 5) is 0. The molecule has 0 saturated carbocycles. The molecule has 2 N–H and O–H groups in total. The third kappa shape index (κ3) is 4.22. The second-order valence-corrected chi connectivity index (χ2v) is 5.89. The maximum atomic E-state index is 9.76. The topological polar surface area (TPSA) is 41.5 Å². The first kappa shape index (κ1) is 14.8. The van der Waals surface area contributed by atoms with Crippen LogP contribution in [0.1, 0.15) is 33.3 Å². The van der Waals surface area contributed by atoms with Gasteiger partial charge in [0.15, 0.2) is 0 Å². The Labute approximate surface area is 110 Å². The summed E-state index contributed by atoms with van der Waals surface area (Å²) in [6.07, 6.45) is 0. The van der Waals surface area contributed by atoms with E-state index in [9.17, 15) is 5.11 Å². The highest BCUT2D eigenvalue weighted by Gasteiger charge is 2.19. The summed E-state index contributed by atoms with van der Waals surface area (Å²) in [6, 6.07) is 5.30. The summed E-state index contributed by atoms with van der Waals surface area (Å²) in [7, 11) is 1.63. The van der Waals surface area contributed by atoms with E-state index in [0.29, 0.717) is 23.6 Å². The third-order valence-corrected chi connectivity index (χ3v) is 3.53. The number of rotatable bonds is 5. The number of phenolic OH excluding ortho intramolecular Hbond substituents is 1. The minimum atomic E-state index is 0.295. The lowest BCUT2D eigenvalue weighted by Crippen LogP contribution is -2.29. The number of nitrogens with one attached hydrogen (secondary N) is 1. The number of hydrogen-bond donors (Lipinski definition) is 2. The zero-order valence-electron chi connectivity index (χ0n) is 12.1. The maximum Gasteiger partial charge on any atom is 0.120 e. The van der Waals surface area contributed by atoms with Crippen molar-refractivity contribution in [3.63, 3.8) is 0 Å². The van der Waals surface area contributed by atoms with E-state index in [0.717, 1.165) is 17.9 Å². The fraction of sp³-hybridized carbons (Fsp3) is 0.600. The molecule has 0 aromatic heterocycles. The molecule has 1 rings (SSSR count). The molecule has 0 spiro atoms. The highest BCUT2D eigenvalue weighted by molar-refractivity contribution is 5.39. The Morgan fingerprint density at radius 2 is 2.00 bits per heavy atom. The lowest BCUT2D eigenvalue weighted by atomic mass is 9.82. The van der Waals surface area contributed by atoms with E-state index in [-0.39, 0.29) is 0 Å². The van der Waals surface area contributed by atoms with Crippen LogP contribution in [0.25, 0.3) is 0 Å². The summed E-state index contributed by atoms with van der Waals surface area (Å²) in [5.74, 6) is 1.66. The smallest absolute Gasteiger partial charge is 0.120 e. The quantitative estimate of drug-likeness (QED) is 0.844. The molecular weight excluding hydrogens is 226 g/mol. The van der Waals surface area contributed by atoms with Gasteiger partial charge in [-0.25, -0.2) is 0 Å². The number of ether oxygens (including phenoxy) is 1. The summed E-state index contributed by atoms with van der Waals surface area (Å²) in [6.45, 7) is 10.5. The van der Waals surface area contributed by atoms with Crippen LogP contribution in [0.2, 0.25) is 0 Å². The van der Waals surface area contributed by atoms with E-state index in [1.807, 2.05) is 6.07 Å². The molecule has 1 unspecified atom stereocenters. The van der Waals surface area contributed by atoms with Gasteiger partial charge in [-0.3, -0.25) is 0 Å². The minimum Gasteiger partial charge on any atom is -0.508 e. The molecule has 0 aliphatic heterocycles. The number of benzene rings is 1. The zero-order valence-corrected chi connectivity index (χ0v) is 12.1. The average molecular weight is 251 g/mol. The van der Waals surface area contributed by atoms with Crippen molar-refractivity contribution >= 4 is 0 Å². The lowest BCUT2D eigenvalue weighted by molar-refractivity contribution is 0.252. The van der Waals surface area contributed by atoms with Gasteiger partial charge in [0.1, 0.15) is 11.5 Å². The first-order chi connectivity index (χ1) is 8.34. The maximum absolute atomic E-state index is 9.76. The first-order valence-corrected chi connectivity index (χ1v) is 6.41. The van der Waals surface area contributed by atoms with Crippen molar-refractivity contribution in [1.29, 1.82) is 0 Å². The van der Waals surface area contributed by atoms with E-state index >= 15 is 0 Å². The number of phenols is 1. The van der Waals surface area contributed by atoms with Crippen LogP contribution in [0.4, 0.5) is 0 Å². The van der Waals surface area contributed by atoms with Crippen molar-refractivity contribution in [2.45, 2.75) is 34.2 Å². The van der Waals surface area contributed by atoms with Crippen LogP contribution in [0.15, 0.2) is 18.2 Å². The first-order valence-electron chi connectivity index (χ1n) is 6.41. The Balaban J connectivity index is 2.53. The second kappa shape index (κ2) is 6.10. The van der Waals surface area contributed by atoms with Crippen LogP contribution in [0.3, 0.4) is 0 Å². The van der Waals surface area contributed by atoms with E-state index in [1.54, 1.807) is 19.2 Å². The molecule has 0 aliphatic carbocycles. The van der Waals surface area contributed by atoms with Crippen molar-refractivity contribution in [1.82, 2.24) is 5.32 Å². The Morgan fingerprint density at radius 1 is 1.33 bits per heavy atom. The molecule has 0 saturated heterocycles.